The summed E-state index contributed by atoms with van der Waals surface area (Å²) in [6, 6.07) is 6.83. The quantitative estimate of drug-likeness (QED) is 0.788. The molecule has 3 nitrogen and oxygen atoms in total. The molecule has 0 unspecified atom stereocenters. The van der Waals surface area contributed by atoms with Gasteiger partial charge in [0.05, 0.1) is 23.7 Å². The number of rotatable bonds is 3. The van der Waals surface area contributed by atoms with Gasteiger partial charge in [0.25, 0.3) is 9.70 Å². The number of hydrogen-bond donors (Lipinski definition) is 2. The first-order valence-corrected chi connectivity index (χ1v) is 8.37. The van der Waals surface area contributed by atoms with Gasteiger partial charge in [-0.1, -0.05) is 58.5 Å². The molecule has 0 aromatic heterocycles. The lowest BCUT2D eigenvalue weighted by atomic mass is 10.1. The standard InChI is InChI=1S/C14H16Cl4N2O/c15-11-7-3-2-6-10(11)12(21)19-13(14(16,17)18)20-8-4-1-5-9-20/h2-3,6-7,13H,1,4-5,8-9H2,(H,19,21)/p+1/t13-/m1/s1. The van der Waals surface area contributed by atoms with Crippen molar-refractivity contribution in [2.75, 3.05) is 13.1 Å². The Balaban J connectivity index is 2.15. The van der Waals surface area contributed by atoms with Crippen molar-refractivity contribution in [3.05, 3.63) is 34.9 Å². The zero-order chi connectivity index (χ0) is 15.5. The molecule has 0 radical (unpaired) electrons. The molecule has 1 atom stereocenters. The molecule has 1 heterocycles. The number of carbonyl (C=O) groups is 1. The van der Waals surface area contributed by atoms with Crippen molar-refractivity contribution in [2.45, 2.75) is 29.2 Å². The molecule has 2 N–H and O–H groups in total. The molecule has 7 heteroatoms. The van der Waals surface area contributed by atoms with Gasteiger partial charge in [0, 0.05) is 0 Å². The average molecular weight is 371 g/mol. The normalized spacial score (nSPS) is 18.3. The highest BCUT2D eigenvalue weighted by Crippen LogP contribution is 2.28. The van der Waals surface area contributed by atoms with Crippen molar-refractivity contribution < 1.29 is 9.69 Å². The maximum atomic E-state index is 12.4. The minimum atomic E-state index is -1.57. The molecule has 116 valence electrons. The molecule has 1 amide bonds. The highest BCUT2D eigenvalue weighted by atomic mass is 35.6. The van der Waals surface area contributed by atoms with Crippen molar-refractivity contribution in [2.24, 2.45) is 0 Å². The van der Waals surface area contributed by atoms with E-state index in [1.54, 1.807) is 24.3 Å². The highest BCUT2D eigenvalue weighted by Gasteiger charge is 2.42. The fourth-order valence-electron chi connectivity index (χ4n) is 2.56. The van der Waals surface area contributed by atoms with Crippen molar-refractivity contribution in [1.29, 1.82) is 0 Å². The second-order valence-electron chi connectivity index (χ2n) is 5.15. The largest absolute Gasteiger partial charge is 0.312 e. The third-order valence-electron chi connectivity index (χ3n) is 3.63. The van der Waals surface area contributed by atoms with Crippen molar-refractivity contribution in [3.63, 3.8) is 0 Å². The minimum absolute atomic E-state index is 0.324. The van der Waals surface area contributed by atoms with Gasteiger partial charge in [0.2, 0.25) is 6.17 Å². The van der Waals surface area contributed by atoms with Gasteiger partial charge in [-0.15, -0.1) is 0 Å². The van der Waals surface area contributed by atoms with E-state index in [0.29, 0.717) is 10.6 Å². The minimum Gasteiger partial charge on any atom is -0.312 e. The number of hydrogen-bond acceptors (Lipinski definition) is 1. The molecule has 1 aromatic rings. The average Bonchev–Trinajstić information content (AvgIpc) is 2.44. The van der Waals surface area contributed by atoms with Crippen LogP contribution in [0.15, 0.2) is 24.3 Å². The summed E-state index contributed by atoms with van der Waals surface area (Å²) in [4.78, 5) is 13.5. The number of carbonyl (C=O) groups excluding carboxylic acids is 1. The van der Waals surface area contributed by atoms with E-state index >= 15 is 0 Å². The molecule has 21 heavy (non-hydrogen) atoms. The van der Waals surface area contributed by atoms with E-state index in [2.05, 4.69) is 5.32 Å². The van der Waals surface area contributed by atoms with Crippen LogP contribution in [0.5, 0.6) is 0 Å². The van der Waals surface area contributed by atoms with Gasteiger partial charge in [0.15, 0.2) is 0 Å². The van der Waals surface area contributed by atoms with Crippen LogP contribution in [0.2, 0.25) is 5.02 Å². The maximum absolute atomic E-state index is 12.4. The number of amides is 1. The Morgan fingerprint density at radius 2 is 1.76 bits per heavy atom. The van der Waals surface area contributed by atoms with Crippen molar-refractivity contribution in [1.82, 2.24) is 5.32 Å². The summed E-state index contributed by atoms with van der Waals surface area (Å²) in [6.45, 7) is 1.75. The van der Waals surface area contributed by atoms with E-state index in [4.69, 9.17) is 46.4 Å². The fraction of sp³-hybridized carbons (Fsp3) is 0.500. The predicted octanol–water partition coefficient (Wildman–Crippen LogP) is 2.83. The third kappa shape index (κ3) is 4.64. The van der Waals surface area contributed by atoms with Gasteiger partial charge in [-0.2, -0.15) is 0 Å². The van der Waals surface area contributed by atoms with Crippen molar-refractivity contribution >= 4 is 52.3 Å². The smallest absolute Gasteiger partial charge is 0.262 e. The molecule has 0 bridgehead atoms. The predicted molar refractivity (Wildman–Crippen MR) is 87.5 cm³/mol. The second kappa shape index (κ2) is 7.38. The van der Waals surface area contributed by atoms with Gasteiger partial charge >= 0.3 is 0 Å². The molecule has 0 spiro atoms. The van der Waals surface area contributed by atoms with Gasteiger partial charge in [-0.05, 0) is 31.4 Å². The third-order valence-corrected chi connectivity index (χ3v) is 4.61. The Labute approximate surface area is 144 Å². The fourth-order valence-corrected chi connectivity index (χ4v) is 3.41. The lowest BCUT2D eigenvalue weighted by Crippen LogP contribution is -3.20. The summed E-state index contributed by atoms with van der Waals surface area (Å²) in [7, 11) is 0. The number of likely N-dealkylation sites (tertiary alicyclic amines) is 1. The number of nitrogens with one attached hydrogen (secondary N) is 2. The molecule has 1 aromatic carbocycles. The van der Waals surface area contributed by atoms with Gasteiger partial charge < -0.3 is 4.90 Å². The number of halogens is 4. The number of alkyl halides is 3. The summed E-state index contributed by atoms with van der Waals surface area (Å²) < 4.78 is -1.57. The van der Waals surface area contributed by atoms with E-state index in [0.717, 1.165) is 30.8 Å². The van der Waals surface area contributed by atoms with Crippen LogP contribution in [0.3, 0.4) is 0 Å². The summed E-state index contributed by atoms with van der Waals surface area (Å²) in [5.41, 5.74) is 0.384. The molecule has 0 saturated carbocycles. The first-order chi connectivity index (χ1) is 9.89. The molecule has 2 rings (SSSR count). The SMILES string of the molecule is O=C(N[C@H]([NH+]1CCCCC1)C(Cl)(Cl)Cl)c1ccccc1Cl. The molecule has 1 saturated heterocycles. The summed E-state index contributed by atoms with van der Waals surface area (Å²) in [5.74, 6) is -0.324. The van der Waals surface area contributed by atoms with Crippen LogP contribution >= 0.6 is 46.4 Å². The molecule has 1 aliphatic rings. The summed E-state index contributed by atoms with van der Waals surface area (Å²) >= 11 is 24.2. The lowest BCUT2D eigenvalue weighted by Gasteiger charge is -2.35. The first kappa shape index (κ1) is 17.2. The Hall–Kier alpha value is -0.190. The number of quaternary nitrogens is 1. The second-order valence-corrected chi connectivity index (χ2v) is 7.92. The Morgan fingerprint density at radius 1 is 1.14 bits per heavy atom. The van der Waals surface area contributed by atoms with Crippen LogP contribution in [0.1, 0.15) is 29.6 Å². The van der Waals surface area contributed by atoms with Crippen LogP contribution in [0, 0.1) is 0 Å². The van der Waals surface area contributed by atoms with Gasteiger partial charge in [-0.25, -0.2) is 0 Å². The zero-order valence-corrected chi connectivity index (χ0v) is 14.4. The van der Waals surface area contributed by atoms with Crippen LogP contribution in [-0.4, -0.2) is 29.0 Å². The van der Waals surface area contributed by atoms with Crippen LogP contribution in [0.25, 0.3) is 0 Å². The van der Waals surface area contributed by atoms with E-state index in [9.17, 15) is 4.79 Å². The molecular weight excluding hydrogens is 354 g/mol. The number of benzene rings is 1. The van der Waals surface area contributed by atoms with E-state index in [1.807, 2.05) is 0 Å². The Bertz CT molecular complexity index is 498. The van der Waals surface area contributed by atoms with Gasteiger partial charge in [0.1, 0.15) is 0 Å². The van der Waals surface area contributed by atoms with Crippen LogP contribution < -0.4 is 10.2 Å². The molecular formula is C14H17Cl4N2O+. The maximum Gasteiger partial charge on any atom is 0.262 e. The van der Waals surface area contributed by atoms with Crippen LogP contribution in [-0.2, 0) is 0 Å². The Morgan fingerprint density at radius 3 is 2.33 bits per heavy atom. The van der Waals surface area contributed by atoms with E-state index < -0.39 is 9.96 Å². The number of piperidine rings is 1. The topological polar surface area (TPSA) is 33.5 Å². The van der Waals surface area contributed by atoms with E-state index in [-0.39, 0.29) is 5.91 Å². The van der Waals surface area contributed by atoms with Crippen LogP contribution in [0.4, 0.5) is 0 Å². The first-order valence-electron chi connectivity index (χ1n) is 6.86. The van der Waals surface area contributed by atoms with Crippen molar-refractivity contribution in [3.8, 4) is 0 Å². The molecule has 1 aliphatic heterocycles. The van der Waals surface area contributed by atoms with Gasteiger partial charge in [-0.3, -0.25) is 10.1 Å². The summed E-state index contributed by atoms with van der Waals surface area (Å²) in [6.07, 6.45) is 2.71. The molecule has 1 fully saturated rings. The monoisotopic (exact) mass is 369 g/mol. The summed E-state index contributed by atoms with van der Waals surface area (Å²) in [5, 5.41) is 3.21. The highest BCUT2D eigenvalue weighted by molar-refractivity contribution is 6.68. The molecule has 0 aliphatic carbocycles. The van der Waals surface area contributed by atoms with E-state index in [1.165, 1.54) is 6.42 Å². The zero-order valence-electron chi connectivity index (χ0n) is 11.3. The Kier molecular flexibility index (Phi) is 6.04. The lowest BCUT2D eigenvalue weighted by molar-refractivity contribution is -0.931.